The van der Waals surface area contributed by atoms with Crippen molar-refractivity contribution in [1.29, 1.82) is 0 Å². The first-order chi connectivity index (χ1) is 8.15. The number of hydrogen-bond acceptors (Lipinski definition) is 3. The van der Waals surface area contributed by atoms with E-state index in [2.05, 4.69) is 4.90 Å². The van der Waals surface area contributed by atoms with Crippen LogP contribution in [0, 0.1) is 11.8 Å². The summed E-state index contributed by atoms with van der Waals surface area (Å²) in [4.78, 5) is 16.2. The van der Waals surface area contributed by atoms with Gasteiger partial charge in [0.15, 0.2) is 0 Å². The first-order valence-corrected chi connectivity index (χ1v) is 6.91. The molecule has 1 saturated heterocycles. The molecule has 2 rings (SSSR count). The number of amides is 1. The molecule has 2 N–H and O–H groups in total. The molecule has 1 heterocycles. The molecule has 0 bridgehead atoms. The van der Waals surface area contributed by atoms with Crippen LogP contribution in [0.4, 0.5) is 0 Å². The average Bonchev–Trinajstić information content (AvgIpc) is 2.83. The van der Waals surface area contributed by atoms with Crippen molar-refractivity contribution in [2.45, 2.75) is 32.7 Å². The van der Waals surface area contributed by atoms with Crippen LogP contribution in [-0.4, -0.2) is 54.5 Å². The number of likely N-dealkylation sites (N-methyl/N-ethyl adjacent to an activating group) is 1. The first-order valence-electron chi connectivity index (χ1n) is 6.91. The fraction of sp³-hybridized carbons (Fsp3) is 0.923. The quantitative estimate of drug-likeness (QED) is 0.831. The highest BCUT2D eigenvalue weighted by atomic mass is 35.5. The fourth-order valence-electron chi connectivity index (χ4n) is 3.40. The number of carbonyl (C=O) groups excluding carboxylic acids is 1. The Balaban J connectivity index is 0.00000162. The van der Waals surface area contributed by atoms with Crippen molar-refractivity contribution in [3.05, 3.63) is 0 Å². The van der Waals surface area contributed by atoms with Gasteiger partial charge in [0.05, 0.1) is 6.54 Å². The van der Waals surface area contributed by atoms with E-state index >= 15 is 0 Å². The van der Waals surface area contributed by atoms with Crippen LogP contribution in [0.5, 0.6) is 0 Å². The van der Waals surface area contributed by atoms with E-state index in [1.165, 1.54) is 12.8 Å². The van der Waals surface area contributed by atoms with Gasteiger partial charge in [-0.1, -0.05) is 0 Å². The van der Waals surface area contributed by atoms with E-state index in [4.69, 9.17) is 5.73 Å². The van der Waals surface area contributed by atoms with Gasteiger partial charge in [-0.25, -0.2) is 0 Å². The Kier molecular flexibility index (Phi) is 5.89. The number of halogens is 1. The lowest BCUT2D eigenvalue weighted by Crippen LogP contribution is -2.40. The maximum Gasteiger partial charge on any atom is 0.236 e. The summed E-state index contributed by atoms with van der Waals surface area (Å²) in [6.07, 6.45) is 2.43. The molecule has 5 heteroatoms. The molecule has 0 radical (unpaired) electrons. The summed E-state index contributed by atoms with van der Waals surface area (Å²) in [6, 6.07) is 0.369. The van der Waals surface area contributed by atoms with E-state index in [1.807, 2.05) is 18.7 Å². The first kappa shape index (κ1) is 15.7. The van der Waals surface area contributed by atoms with Crippen LogP contribution in [0.1, 0.15) is 26.7 Å². The van der Waals surface area contributed by atoms with Gasteiger partial charge in [-0.2, -0.15) is 0 Å². The molecule has 2 fully saturated rings. The molecule has 1 aliphatic heterocycles. The maximum atomic E-state index is 12.0. The molecule has 0 aromatic carbocycles. The lowest BCUT2D eigenvalue weighted by atomic mass is 9.98. The molecule has 2 aliphatic rings. The predicted molar refractivity (Wildman–Crippen MR) is 75.8 cm³/mol. The Hall–Kier alpha value is -0.320. The number of rotatable bonds is 4. The molecule has 4 nitrogen and oxygen atoms in total. The van der Waals surface area contributed by atoms with Crippen molar-refractivity contribution < 1.29 is 4.79 Å². The molecule has 1 aliphatic carbocycles. The van der Waals surface area contributed by atoms with Crippen LogP contribution in [0.2, 0.25) is 0 Å². The number of carbonyl (C=O) groups is 1. The van der Waals surface area contributed by atoms with Gasteiger partial charge in [0.25, 0.3) is 0 Å². The minimum Gasteiger partial charge on any atom is -0.342 e. The second-order valence-corrected chi connectivity index (χ2v) is 5.43. The van der Waals surface area contributed by atoms with Gasteiger partial charge in [0.2, 0.25) is 5.91 Å². The topological polar surface area (TPSA) is 49.6 Å². The lowest BCUT2D eigenvalue weighted by Gasteiger charge is -2.23. The number of nitrogens with zero attached hydrogens (tertiary/aromatic N) is 2. The van der Waals surface area contributed by atoms with Crippen LogP contribution in [0.25, 0.3) is 0 Å². The van der Waals surface area contributed by atoms with Crippen LogP contribution >= 0.6 is 12.4 Å². The number of hydrogen-bond donors (Lipinski definition) is 1. The van der Waals surface area contributed by atoms with Crippen molar-refractivity contribution >= 4 is 18.3 Å². The number of nitrogens with two attached hydrogens (primary N) is 1. The smallest absolute Gasteiger partial charge is 0.236 e. The van der Waals surface area contributed by atoms with Gasteiger partial charge < -0.3 is 10.6 Å². The minimum absolute atomic E-state index is 0. The van der Waals surface area contributed by atoms with E-state index in [9.17, 15) is 4.79 Å². The highest BCUT2D eigenvalue weighted by molar-refractivity contribution is 5.85. The van der Waals surface area contributed by atoms with E-state index in [0.29, 0.717) is 18.5 Å². The Morgan fingerprint density at radius 3 is 2.50 bits per heavy atom. The van der Waals surface area contributed by atoms with Crippen LogP contribution in [-0.2, 0) is 4.79 Å². The van der Waals surface area contributed by atoms with Crippen molar-refractivity contribution in [3.8, 4) is 0 Å². The number of fused-ring (bicyclic) bond motifs is 1. The third-order valence-electron chi connectivity index (χ3n) is 4.46. The second kappa shape index (κ2) is 6.73. The molecule has 1 amide bonds. The highest BCUT2D eigenvalue weighted by Crippen LogP contribution is 2.36. The van der Waals surface area contributed by atoms with Crippen molar-refractivity contribution in [1.82, 2.24) is 9.80 Å². The van der Waals surface area contributed by atoms with E-state index in [1.54, 1.807) is 0 Å². The van der Waals surface area contributed by atoms with E-state index in [0.717, 1.165) is 32.1 Å². The zero-order chi connectivity index (χ0) is 12.4. The summed E-state index contributed by atoms with van der Waals surface area (Å²) in [7, 11) is 0. The molecule has 3 atom stereocenters. The summed E-state index contributed by atoms with van der Waals surface area (Å²) in [5.74, 6) is 1.65. The molecule has 0 spiro atoms. The van der Waals surface area contributed by atoms with Gasteiger partial charge in [-0.05, 0) is 38.5 Å². The monoisotopic (exact) mass is 275 g/mol. The molecular weight excluding hydrogens is 250 g/mol. The lowest BCUT2D eigenvalue weighted by molar-refractivity contribution is -0.131. The van der Waals surface area contributed by atoms with Crippen LogP contribution < -0.4 is 5.73 Å². The minimum atomic E-state index is 0. The zero-order valence-electron chi connectivity index (χ0n) is 11.5. The van der Waals surface area contributed by atoms with Gasteiger partial charge in [-0.15, -0.1) is 12.4 Å². The normalized spacial score (nSPS) is 30.9. The molecule has 0 aromatic heterocycles. The zero-order valence-corrected chi connectivity index (χ0v) is 12.3. The van der Waals surface area contributed by atoms with Crippen molar-refractivity contribution in [3.63, 3.8) is 0 Å². The van der Waals surface area contributed by atoms with Crippen LogP contribution in [0.15, 0.2) is 0 Å². The molecular formula is C13H26ClN3O. The fourth-order valence-corrected chi connectivity index (χ4v) is 3.40. The molecule has 106 valence electrons. The second-order valence-electron chi connectivity index (χ2n) is 5.43. The van der Waals surface area contributed by atoms with E-state index in [-0.39, 0.29) is 18.3 Å². The Labute approximate surface area is 116 Å². The SMILES string of the molecule is CCN(CC)C(=O)CN1CC2CCC(N)C2C1.Cl. The Morgan fingerprint density at radius 1 is 1.28 bits per heavy atom. The summed E-state index contributed by atoms with van der Waals surface area (Å²) < 4.78 is 0. The average molecular weight is 276 g/mol. The van der Waals surface area contributed by atoms with Gasteiger partial charge in [0, 0.05) is 32.2 Å². The van der Waals surface area contributed by atoms with E-state index < -0.39 is 0 Å². The predicted octanol–water partition coefficient (Wildman–Crippen LogP) is 0.946. The molecule has 3 unspecified atom stereocenters. The summed E-state index contributed by atoms with van der Waals surface area (Å²) in [5.41, 5.74) is 6.10. The largest absolute Gasteiger partial charge is 0.342 e. The Morgan fingerprint density at radius 2 is 1.94 bits per heavy atom. The van der Waals surface area contributed by atoms with Gasteiger partial charge >= 0.3 is 0 Å². The maximum absolute atomic E-state index is 12.0. The van der Waals surface area contributed by atoms with Gasteiger partial charge in [0.1, 0.15) is 0 Å². The molecule has 1 saturated carbocycles. The third-order valence-corrected chi connectivity index (χ3v) is 4.46. The summed E-state index contributed by atoms with van der Waals surface area (Å²) >= 11 is 0. The van der Waals surface area contributed by atoms with Crippen molar-refractivity contribution in [2.24, 2.45) is 17.6 Å². The standard InChI is InChI=1S/C13H25N3O.ClH/c1-3-16(4-2)13(17)9-15-7-10-5-6-12(14)11(10)8-15;/h10-12H,3-9,14H2,1-2H3;1H. The highest BCUT2D eigenvalue weighted by Gasteiger charge is 2.41. The van der Waals surface area contributed by atoms with Crippen LogP contribution in [0.3, 0.4) is 0 Å². The number of likely N-dealkylation sites (tertiary alicyclic amines) is 1. The third kappa shape index (κ3) is 3.16. The molecule has 18 heavy (non-hydrogen) atoms. The van der Waals surface area contributed by atoms with Crippen molar-refractivity contribution in [2.75, 3.05) is 32.7 Å². The summed E-state index contributed by atoms with van der Waals surface area (Å²) in [5, 5.41) is 0. The Bertz CT molecular complexity index is 283. The summed E-state index contributed by atoms with van der Waals surface area (Å²) in [6.45, 7) is 8.39. The molecule has 0 aromatic rings. The van der Waals surface area contributed by atoms with Gasteiger partial charge in [-0.3, -0.25) is 9.69 Å².